The first kappa shape index (κ1) is 10.6. The van der Waals surface area contributed by atoms with Crippen molar-refractivity contribution in [2.24, 2.45) is 0 Å². The fourth-order valence-electron chi connectivity index (χ4n) is 1.76. The van der Waals surface area contributed by atoms with Crippen LogP contribution in [0, 0.1) is 0 Å². The molecule has 0 bridgehead atoms. The SMILES string of the molecule is c1ccc(-n2ccnc2)c(NCc2cnco2)c1. The highest BCUT2D eigenvalue weighted by Gasteiger charge is 2.04. The lowest BCUT2D eigenvalue weighted by atomic mass is 10.2. The molecule has 0 radical (unpaired) electrons. The van der Waals surface area contributed by atoms with Crippen LogP contribution in [0.25, 0.3) is 5.69 Å². The van der Waals surface area contributed by atoms with Crippen molar-refractivity contribution >= 4 is 5.69 Å². The monoisotopic (exact) mass is 240 g/mol. The van der Waals surface area contributed by atoms with Gasteiger partial charge in [0.15, 0.2) is 6.39 Å². The predicted octanol–water partition coefficient (Wildman–Crippen LogP) is 2.47. The molecule has 90 valence electrons. The summed E-state index contributed by atoms with van der Waals surface area (Å²) < 4.78 is 7.15. The summed E-state index contributed by atoms with van der Waals surface area (Å²) >= 11 is 0. The van der Waals surface area contributed by atoms with Crippen molar-refractivity contribution in [1.82, 2.24) is 14.5 Å². The number of nitrogens with zero attached hydrogens (tertiary/aromatic N) is 3. The summed E-state index contributed by atoms with van der Waals surface area (Å²) in [6, 6.07) is 8.04. The van der Waals surface area contributed by atoms with E-state index in [1.807, 2.05) is 35.0 Å². The van der Waals surface area contributed by atoms with Crippen LogP contribution in [-0.2, 0) is 6.54 Å². The number of imidazole rings is 1. The first-order valence-electron chi connectivity index (χ1n) is 5.62. The maximum Gasteiger partial charge on any atom is 0.180 e. The molecule has 5 nitrogen and oxygen atoms in total. The van der Waals surface area contributed by atoms with Crippen LogP contribution in [0.5, 0.6) is 0 Å². The average Bonchev–Trinajstić information content (AvgIpc) is 3.10. The number of benzene rings is 1. The van der Waals surface area contributed by atoms with Gasteiger partial charge in [-0.2, -0.15) is 0 Å². The molecular weight excluding hydrogens is 228 g/mol. The lowest BCUT2D eigenvalue weighted by Crippen LogP contribution is -2.02. The predicted molar refractivity (Wildman–Crippen MR) is 67.4 cm³/mol. The van der Waals surface area contributed by atoms with Gasteiger partial charge < -0.3 is 14.3 Å². The molecule has 0 saturated carbocycles. The Morgan fingerprint density at radius 3 is 2.94 bits per heavy atom. The van der Waals surface area contributed by atoms with Gasteiger partial charge in [-0.25, -0.2) is 9.97 Å². The molecule has 0 aliphatic rings. The second-order valence-electron chi connectivity index (χ2n) is 3.81. The lowest BCUT2D eigenvalue weighted by Gasteiger charge is -2.11. The zero-order chi connectivity index (χ0) is 12.2. The Kier molecular flexibility index (Phi) is 2.79. The van der Waals surface area contributed by atoms with Crippen molar-refractivity contribution in [3.05, 3.63) is 61.3 Å². The fourth-order valence-corrected chi connectivity index (χ4v) is 1.76. The molecule has 2 aromatic heterocycles. The van der Waals surface area contributed by atoms with E-state index in [0.717, 1.165) is 17.1 Å². The van der Waals surface area contributed by atoms with E-state index in [9.17, 15) is 0 Å². The number of anilines is 1. The molecule has 18 heavy (non-hydrogen) atoms. The van der Waals surface area contributed by atoms with E-state index in [2.05, 4.69) is 15.3 Å². The molecule has 0 spiro atoms. The van der Waals surface area contributed by atoms with Gasteiger partial charge in [-0.05, 0) is 12.1 Å². The Morgan fingerprint density at radius 1 is 1.22 bits per heavy atom. The second kappa shape index (κ2) is 4.75. The van der Waals surface area contributed by atoms with Crippen molar-refractivity contribution in [2.45, 2.75) is 6.54 Å². The molecule has 3 rings (SSSR count). The van der Waals surface area contributed by atoms with E-state index < -0.39 is 0 Å². The Morgan fingerprint density at radius 2 is 2.17 bits per heavy atom. The summed E-state index contributed by atoms with van der Waals surface area (Å²) in [6.07, 6.45) is 8.57. The topological polar surface area (TPSA) is 55.9 Å². The lowest BCUT2D eigenvalue weighted by molar-refractivity contribution is 0.511. The Labute approximate surface area is 104 Å². The van der Waals surface area contributed by atoms with Crippen LogP contribution < -0.4 is 5.32 Å². The fraction of sp³-hybridized carbons (Fsp3) is 0.0769. The van der Waals surface area contributed by atoms with Crippen molar-refractivity contribution in [2.75, 3.05) is 5.32 Å². The second-order valence-corrected chi connectivity index (χ2v) is 3.81. The highest BCUT2D eigenvalue weighted by molar-refractivity contribution is 5.60. The number of para-hydroxylation sites is 2. The zero-order valence-corrected chi connectivity index (χ0v) is 9.65. The van der Waals surface area contributed by atoms with Crippen LogP contribution in [0.1, 0.15) is 5.76 Å². The third kappa shape index (κ3) is 2.10. The van der Waals surface area contributed by atoms with Gasteiger partial charge in [0.1, 0.15) is 5.76 Å². The summed E-state index contributed by atoms with van der Waals surface area (Å²) in [5.74, 6) is 0.801. The maximum absolute atomic E-state index is 5.19. The smallest absolute Gasteiger partial charge is 0.180 e. The van der Waals surface area contributed by atoms with Crippen LogP contribution in [0.4, 0.5) is 5.69 Å². The van der Waals surface area contributed by atoms with Crippen molar-refractivity contribution in [1.29, 1.82) is 0 Å². The molecule has 1 N–H and O–H groups in total. The molecule has 0 aliphatic heterocycles. The third-order valence-electron chi connectivity index (χ3n) is 2.62. The van der Waals surface area contributed by atoms with Crippen LogP contribution in [-0.4, -0.2) is 14.5 Å². The van der Waals surface area contributed by atoms with Crippen LogP contribution >= 0.6 is 0 Å². The number of oxazole rings is 1. The summed E-state index contributed by atoms with van der Waals surface area (Å²) in [6.45, 7) is 0.603. The van der Waals surface area contributed by atoms with Crippen molar-refractivity contribution in [3.63, 3.8) is 0 Å². The molecule has 0 fully saturated rings. The third-order valence-corrected chi connectivity index (χ3v) is 2.62. The van der Waals surface area contributed by atoms with Gasteiger partial charge in [-0.15, -0.1) is 0 Å². The Balaban J connectivity index is 1.84. The average molecular weight is 240 g/mol. The molecule has 0 aliphatic carbocycles. The van der Waals surface area contributed by atoms with E-state index in [4.69, 9.17) is 4.42 Å². The molecule has 0 amide bonds. The van der Waals surface area contributed by atoms with Gasteiger partial charge in [0, 0.05) is 12.4 Å². The number of rotatable bonds is 4. The molecule has 0 unspecified atom stereocenters. The quantitative estimate of drug-likeness (QED) is 0.761. The van der Waals surface area contributed by atoms with E-state index >= 15 is 0 Å². The van der Waals surface area contributed by atoms with Crippen LogP contribution in [0.2, 0.25) is 0 Å². The Bertz CT molecular complexity index is 602. The number of aromatic nitrogens is 3. The summed E-state index contributed by atoms with van der Waals surface area (Å²) in [4.78, 5) is 7.94. The van der Waals surface area contributed by atoms with E-state index in [-0.39, 0.29) is 0 Å². The summed E-state index contributed by atoms with van der Waals surface area (Å²) in [5.41, 5.74) is 2.07. The summed E-state index contributed by atoms with van der Waals surface area (Å²) in [7, 11) is 0. The summed E-state index contributed by atoms with van der Waals surface area (Å²) in [5, 5.41) is 3.32. The van der Waals surface area contributed by atoms with E-state index in [0.29, 0.717) is 6.54 Å². The molecule has 2 heterocycles. The van der Waals surface area contributed by atoms with Gasteiger partial charge in [0.25, 0.3) is 0 Å². The maximum atomic E-state index is 5.19. The molecule has 5 heteroatoms. The minimum Gasteiger partial charge on any atom is -0.447 e. The minimum absolute atomic E-state index is 0.603. The highest BCUT2D eigenvalue weighted by atomic mass is 16.3. The largest absolute Gasteiger partial charge is 0.447 e. The van der Waals surface area contributed by atoms with Crippen LogP contribution in [0.15, 0.2) is 60.0 Å². The van der Waals surface area contributed by atoms with E-state index in [1.54, 1.807) is 18.7 Å². The van der Waals surface area contributed by atoms with Crippen molar-refractivity contribution < 1.29 is 4.42 Å². The molecule has 0 saturated heterocycles. The standard InChI is InChI=1S/C13H12N4O/c1-2-4-13(17-6-5-14-9-17)12(3-1)16-8-11-7-15-10-18-11/h1-7,9-10,16H,8H2. The molecule has 3 aromatic rings. The van der Waals surface area contributed by atoms with E-state index in [1.165, 1.54) is 6.39 Å². The highest BCUT2D eigenvalue weighted by Crippen LogP contribution is 2.20. The van der Waals surface area contributed by atoms with Gasteiger partial charge in [-0.3, -0.25) is 0 Å². The van der Waals surface area contributed by atoms with Crippen LogP contribution in [0.3, 0.4) is 0 Å². The Hall–Kier alpha value is -2.56. The first-order valence-corrected chi connectivity index (χ1v) is 5.62. The normalized spacial score (nSPS) is 10.4. The molecule has 1 aromatic carbocycles. The number of nitrogens with one attached hydrogen (secondary N) is 1. The van der Waals surface area contributed by atoms with Crippen molar-refractivity contribution in [3.8, 4) is 5.69 Å². The number of hydrogen-bond donors (Lipinski definition) is 1. The van der Waals surface area contributed by atoms with Gasteiger partial charge >= 0.3 is 0 Å². The zero-order valence-electron chi connectivity index (χ0n) is 9.65. The minimum atomic E-state index is 0.603. The number of hydrogen-bond acceptors (Lipinski definition) is 4. The van der Waals surface area contributed by atoms with Gasteiger partial charge in [-0.1, -0.05) is 12.1 Å². The molecule has 0 atom stereocenters. The van der Waals surface area contributed by atoms with Gasteiger partial charge in [0.2, 0.25) is 0 Å². The first-order chi connectivity index (χ1) is 8.93. The molecular formula is C13H12N4O. The van der Waals surface area contributed by atoms with Gasteiger partial charge in [0.05, 0.1) is 30.4 Å².